The summed E-state index contributed by atoms with van der Waals surface area (Å²) in [6, 6.07) is 0. The number of likely N-dealkylation sites (tertiary alicyclic amines) is 1. The number of amidine groups is 1. The summed E-state index contributed by atoms with van der Waals surface area (Å²) < 4.78 is 0. The lowest BCUT2D eigenvalue weighted by Gasteiger charge is -2.35. The first kappa shape index (κ1) is 10.6. The summed E-state index contributed by atoms with van der Waals surface area (Å²) in [6.07, 6.45) is 5.16. The normalized spacial score (nSPS) is 26.8. The van der Waals surface area contributed by atoms with E-state index in [0.717, 1.165) is 5.92 Å². The predicted molar refractivity (Wildman–Crippen MR) is 58.2 cm³/mol. The maximum atomic E-state index is 4.44. The molecule has 0 bridgehead atoms. The third kappa shape index (κ3) is 2.45. The van der Waals surface area contributed by atoms with Crippen LogP contribution in [0.5, 0.6) is 0 Å². The molecule has 1 aliphatic heterocycles. The van der Waals surface area contributed by atoms with Gasteiger partial charge in [-0.3, -0.25) is 4.99 Å². The number of piperidine rings is 1. The number of nitrogens with zero attached hydrogens (tertiary/aromatic N) is 2. The van der Waals surface area contributed by atoms with Gasteiger partial charge in [0, 0.05) is 26.1 Å². The van der Waals surface area contributed by atoms with Gasteiger partial charge in [0.15, 0.2) is 0 Å². The van der Waals surface area contributed by atoms with Gasteiger partial charge in [-0.05, 0) is 25.7 Å². The molecule has 1 rings (SSSR count). The van der Waals surface area contributed by atoms with Crippen molar-refractivity contribution in [1.29, 1.82) is 0 Å². The number of hydrogen-bond acceptors (Lipinski definition) is 1. The van der Waals surface area contributed by atoms with E-state index >= 15 is 0 Å². The van der Waals surface area contributed by atoms with Crippen LogP contribution in [-0.2, 0) is 0 Å². The Morgan fingerprint density at radius 2 is 2.23 bits per heavy atom. The van der Waals surface area contributed by atoms with Crippen molar-refractivity contribution >= 4 is 5.84 Å². The summed E-state index contributed by atoms with van der Waals surface area (Å²) in [4.78, 5) is 6.91. The van der Waals surface area contributed by atoms with Gasteiger partial charge in [-0.25, -0.2) is 0 Å². The second-order valence-corrected chi connectivity index (χ2v) is 3.82. The lowest BCUT2D eigenvalue weighted by Crippen LogP contribution is -2.41. The Balaban J connectivity index is 2.62. The molecule has 1 unspecified atom stereocenters. The SMILES string of the molecule is CCCN1CCCC(CC)C1=NC. The second-order valence-electron chi connectivity index (χ2n) is 3.82. The fourth-order valence-corrected chi connectivity index (χ4v) is 2.24. The van der Waals surface area contributed by atoms with Crippen molar-refractivity contribution in [3.05, 3.63) is 0 Å². The van der Waals surface area contributed by atoms with Crippen molar-refractivity contribution in [2.45, 2.75) is 39.5 Å². The highest BCUT2D eigenvalue weighted by atomic mass is 15.2. The fourth-order valence-electron chi connectivity index (χ4n) is 2.24. The monoisotopic (exact) mass is 182 g/mol. The molecule has 1 saturated heterocycles. The number of aliphatic imine (C=N–C) groups is 1. The van der Waals surface area contributed by atoms with Gasteiger partial charge in [-0.15, -0.1) is 0 Å². The third-order valence-corrected chi connectivity index (χ3v) is 2.89. The minimum atomic E-state index is 0.727. The van der Waals surface area contributed by atoms with E-state index in [1.54, 1.807) is 0 Å². The first-order valence-corrected chi connectivity index (χ1v) is 5.55. The maximum Gasteiger partial charge on any atom is 0.102 e. The Kier molecular flexibility index (Phi) is 4.26. The standard InChI is InChI=1S/C11H22N2/c1-4-8-13-9-6-7-10(5-2)11(13)12-3/h10H,4-9H2,1-3H3. The average molecular weight is 182 g/mol. The van der Waals surface area contributed by atoms with Crippen molar-refractivity contribution < 1.29 is 0 Å². The van der Waals surface area contributed by atoms with Crippen LogP contribution in [0.15, 0.2) is 4.99 Å². The molecule has 1 heterocycles. The molecule has 76 valence electrons. The summed E-state index contributed by atoms with van der Waals surface area (Å²) in [5, 5.41) is 0. The molecule has 13 heavy (non-hydrogen) atoms. The smallest absolute Gasteiger partial charge is 0.102 e. The molecule has 0 aromatic carbocycles. The van der Waals surface area contributed by atoms with Crippen LogP contribution in [0.3, 0.4) is 0 Å². The zero-order valence-corrected chi connectivity index (χ0v) is 9.21. The predicted octanol–water partition coefficient (Wildman–Crippen LogP) is 2.55. The highest BCUT2D eigenvalue weighted by Gasteiger charge is 2.23. The van der Waals surface area contributed by atoms with Gasteiger partial charge in [0.2, 0.25) is 0 Å². The Bertz CT molecular complexity index is 173. The minimum Gasteiger partial charge on any atom is -0.360 e. The molecule has 0 aliphatic carbocycles. The molecule has 1 aliphatic rings. The van der Waals surface area contributed by atoms with Crippen molar-refractivity contribution in [2.75, 3.05) is 20.1 Å². The molecule has 0 saturated carbocycles. The van der Waals surface area contributed by atoms with Crippen LogP contribution < -0.4 is 0 Å². The average Bonchev–Trinajstić information content (AvgIpc) is 2.18. The molecular formula is C11H22N2. The van der Waals surface area contributed by atoms with Gasteiger partial charge in [0.05, 0.1) is 0 Å². The van der Waals surface area contributed by atoms with E-state index in [9.17, 15) is 0 Å². The maximum absolute atomic E-state index is 4.44. The topological polar surface area (TPSA) is 15.6 Å². The molecule has 0 aromatic heterocycles. The zero-order valence-electron chi connectivity index (χ0n) is 9.21. The summed E-state index contributed by atoms with van der Waals surface area (Å²) >= 11 is 0. The molecule has 0 aromatic rings. The van der Waals surface area contributed by atoms with Crippen molar-refractivity contribution in [3.63, 3.8) is 0 Å². The molecule has 1 fully saturated rings. The van der Waals surface area contributed by atoms with Crippen LogP contribution >= 0.6 is 0 Å². The lowest BCUT2D eigenvalue weighted by atomic mass is 9.94. The molecular weight excluding hydrogens is 160 g/mol. The summed E-state index contributed by atoms with van der Waals surface area (Å²) in [5.74, 6) is 2.08. The van der Waals surface area contributed by atoms with Gasteiger partial charge in [-0.2, -0.15) is 0 Å². The Hall–Kier alpha value is -0.530. The van der Waals surface area contributed by atoms with Gasteiger partial charge in [0.25, 0.3) is 0 Å². The summed E-state index contributed by atoms with van der Waals surface area (Å²) in [6.45, 7) is 6.91. The summed E-state index contributed by atoms with van der Waals surface area (Å²) in [7, 11) is 1.94. The molecule has 2 heteroatoms. The first-order valence-electron chi connectivity index (χ1n) is 5.55. The van der Waals surface area contributed by atoms with E-state index < -0.39 is 0 Å². The molecule has 1 atom stereocenters. The summed E-state index contributed by atoms with van der Waals surface area (Å²) in [5.41, 5.74) is 0. The fraction of sp³-hybridized carbons (Fsp3) is 0.909. The van der Waals surface area contributed by atoms with Crippen LogP contribution in [0.2, 0.25) is 0 Å². The van der Waals surface area contributed by atoms with Crippen LogP contribution in [-0.4, -0.2) is 30.9 Å². The molecule has 0 amide bonds. The third-order valence-electron chi connectivity index (χ3n) is 2.89. The van der Waals surface area contributed by atoms with Crippen molar-refractivity contribution in [1.82, 2.24) is 4.90 Å². The van der Waals surface area contributed by atoms with Crippen molar-refractivity contribution in [2.24, 2.45) is 10.9 Å². The first-order chi connectivity index (χ1) is 6.33. The van der Waals surface area contributed by atoms with E-state index in [1.165, 1.54) is 44.6 Å². The van der Waals surface area contributed by atoms with Crippen LogP contribution in [0.4, 0.5) is 0 Å². The van der Waals surface area contributed by atoms with E-state index in [4.69, 9.17) is 0 Å². The van der Waals surface area contributed by atoms with E-state index in [2.05, 4.69) is 23.7 Å². The van der Waals surface area contributed by atoms with Crippen LogP contribution in [0, 0.1) is 5.92 Å². The molecule has 0 spiro atoms. The molecule has 0 radical (unpaired) electrons. The van der Waals surface area contributed by atoms with Crippen LogP contribution in [0.1, 0.15) is 39.5 Å². The van der Waals surface area contributed by atoms with Crippen molar-refractivity contribution in [3.8, 4) is 0 Å². The van der Waals surface area contributed by atoms with E-state index in [0.29, 0.717) is 0 Å². The Morgan fingerprint density at radius 1 is 1.46 bits per heavy atom. The number of hydrogen-bond donors (Lipinski definition) is 0. The molecule has 2 nitrogen and oxygen atoms in total. The van der Waals surface area contributed by atoms with Crippen LogP contribution in [0.25, 0.3) is 0 Å². The Labute approximate surface area is 82.0 Å². The van der Waals surface area contributed by atoms with E-state index in [1.807, 2.05) is 7.05 Å². The highest BCUT2D eigenvalue weighted by molar-refractivity contribution is 5.85. The zero-order chi connectivity index (χ0) is 9.68. The lowest BCUT2D eigenvalue weighted by molar-refractivity contribution is 0.325. The minimum absolute atomic E-state index is 0.727. The van der Waals surface area contributed by atoms with Gasteiger partial charge >= 0.3 is 0 Å². The van der Waals surface area contributed by atoms with Gasteiger partial charge in [0.1, 0.15) is 5.84 Å². The van der Waals surface area contributed by atoms with Gasteiger partial charge < -0.3 is 4.90 Å². The number of rotatable bonds is 3. The van der Waals surface area contributed by atoms with Gasteiger partial charge in [-0.1, -0.05) is 13.8 Å². The second kappa shape index (κ2) is 5.25. The Morgan fingerprint density at radius 3 is 2.77 bits per heavy atom. The quantitative estimate of drug-likeness (QED) is 0.655. The van der Waals surface area contributed by atoms with E-state index in [-0.39, 0.29) is 0 Å². The highest BCUT2D eigenvalue weighted by Crippen LogP contribution is 2.21. The molecule has 0 N–H and O–H groups in total. The largest absolute Gasteiger partial charge is 0.360 e.